The van der Waals surface area contributed by atoms with Crippen LogP contribution < -0.4 is 39.2 Å². The standard InChI is InChI=1S/3C18H15As.3CO.Mo/c3*1-4-10-16(11-5-1)19(17-12-6-2-7-13-17)18-14-8-3-9-15-18;3*1-2;/h3*1-15H;;;;. The third kappa shape index (κ3) is 16.6. The summed E-state index contributed by atoms with van der Waals surface area (Å²) in [4.78, 5) is 0. The zero-order valence-corrected chi connectivity index (χ0v) is 42.6. The van der Waals surface area contributed by atoms with Gasteiger partial charge in [-0.25, -0.2) is 0 Å². The van der Waals surface area contributed by atoms with Crippen molar-refractivity contribution in [2.45, 2.75) is 0 Å². The van der Waals surface area contributed by atoms with E-state index in [-0.39, 0.29) is 21.1 Å². The molecule has 0 saturated heterocycles. The molecule has 0 aliphatic carbocycles. The van der Waals surface area contributed by atoms with Crippen LogP contribution in [0.3, 0.4) is 0 Å². The Bertz CT molecular complexity index is 2010. The van der Waals surface area contributed by atoms with Gasteiger partial charge < -0.3 is 0 Å². The summed E-state index contributed by atoms with van der Waals surface area (Å²) in [6, 6.07) is 98.1. The molecule has 64 heavy (non-hydrogen) atoms. The molecule has 0 unspecified atom stereocenters. The van der Waals surface area contributed by atoms with Gasteiger partial charge in [-0.2, -0.15) is 0 Å². The van der Waals surface area contributed by atoms with Crippen LogP contribution in [-0.4, -0.2) is 44.0 Å². The fourth-order valence-electron chi connectivity index (χ4n) is 6.54. The Kier molecular flexibility index (Phi) is 26.7. The van der Waals surface area contributed by atoms with Crippen molar-refractivity contribution in [3.05, 3.63) is 293 Å². The van der Waals surface area contributed by atoms with Gasteiger partial charge in [0.2, 0.25) is 0 Å². The maximum absolute atomic E-state index is 7.50. The summed E-state index contributed by atoms with van der Waals surface area (Å²) in [5.74, 6) is 0. The van der Waals surface area contributed by atoms with Crippen molar-refractivity contribution in [1.82, 2.24) is 0 Å². The summed E-state index contributed by atoms with van der Waals surface area (Å²) in [5.41, 5.74) is 0. The van der Waals surface area contributed by atoms with Crippen molar-refractivity contribution in [1.29, 1.82) is 0 Å². The fraction of sp³-hybridized carbons (Fsp3) is 0. The van der Waals surface area contributed by atoms with Crippen molar-refractivity contribution in [3.8, 4) is 0 Å². The predicted molar refractivity (Wildman–Crippen MR) is 264 cm³/mol. The summed E-state index contributed by atoms with van der Waals surface area (Å²) in [7, 11) is 0. The molecule has 312 valence electrons. The molecule has 0 spiro atoms. The van der Waals surface area contributed by atoms with Crippen LogP contribution in [0, 0.1) is 20.0 Å². The first-order valence-electron chi connectivity index (χ1n) is 19.8. The van der Waals surface area contributed by atoms with E-state index in [2.05, 4.69) is 293 Å². The molecule has 0 aromatic heterocycles. The Hall–Kier alpha value is -5.44. The fourth-order valence-corrected chi connectivity index (χ4v) is 21.0. The van der Waals surface area contributed by atoms with Crippen molar-refractivity contribution >= 4 is 83.1 Å². The molecule has 9 aromatic carbocycles. The minimum atomic E-state index is -1.39. The Morgan fingerprint density at radius 3 is 0.328 bits per heavy atom. The summed E-state index contributed by atoms with van der Waals surface area (Å²) in [6.45, 7) is 13.5. The van der Waals surface area contributed by atoms with Crippen LogP contribution in [0.1, 0.15) is 0 Å². The summed E-state index contributed by atoms with van der Waals surface area (Å²) < 4.78 is 35.8. The van der Waals surface area contributed by atoms with Crippen LogP contribution in [0.2, 0.25) is 0 Å². The third-order valence-corrected chi connectivity index (χ3v) is 24.5. The van der Waals surface area contributed by atoms with E-state index in [0.29, 0.717) is 0 Å². The minimum absolute atomic E-state index is 0. The molecule has 0 bridgehead atoms. The van der Waals surface area contributed by atoms with E-state index in [9.17, 15) is 0 Å². The van der Waals surface area contributed by atoms with Crippen LogP contribution in [0.15, 0.2) is 273 Å². The first-order valence-corrected chi connectivity index (χ1v) is 28.3. The number of hydrogen-bond donors (Lipinski definition) is 0. The predicted octanol–water partition coefficient (Wildman–Crippen LogP) is 6.49. The van der Waals surface area contributed by atoms with Crippen LogP contribution >= 0.6 is 0 Å². The molecule has 0 heterocycles. The molecule has 0 aliphatic rings. The zero-order valence-electron chi connectivity index (χ0n) is 35.0. The molecule has 9 aromatic rings. The molecule has 0 saturated carbocycles. The molecule has 0 fully saturated rings. The third-order valence-electron chi connectivity index (χ3n) is 9.13. The van der Waals surface area contributed by atoms with Gasteiger partial charge in [0.15, 0.2) is 0 Å². The summed E-state index contributed by atoms with van der Waals surface area (Å²) in [6.07, 6.45) is 0. The van der Waals surface area contributed by atoms with Gasteiger partial charge >= 0.3 is 390 Å². The Labute approximate surface area is 407 Å². The molecule has 0 atom stereocenters. The summed E-state index contributed by atoms with van der Waals surface area (Å²) in [5, 5.41) is 0. The van der Waals surface area contributed by atoms with Gasteiger partial charge in [-0.05, 0) is 0 Å². The van der Waals surface area contributed by atoms with Gasteiger partial charge in [-0.1, -0.05) is 0 Å². The second-order valence-electron chi connectivity index (χ2n) is 13.0. The number of rotatable bonds is 9. The van der Waals surface area contributed by atoms with Crippen molar-refractivity contribution in [2.75, 3.05) is 0 Å². The van der Waals surface area contributed by atoms with Crippen molar-refractivity contribution in [2.24, 2.45) is 0 Å². The van der Waals surface area contributed by atoms with E-state index in [1.165, 1.54) is 39.2 Å². The Balaban J connectivity index is 0.000000239. The summed E-state index contributed by atoms with van der Waals surface area (Å²) >= 11 is -4.17. The Morgan fingerprint density at radius 1 is 0.172 bits per heavy atom. The maximum atomic E-state index is 7.50. The average molecular weight is 1100 g/mol. The number of hydrogen-bond acceptors (Lipinski definition) is 0. The monoisotopic (exact) mass is 1100 g/mol. The van der Waals surface area contributed by atoms with Crippen LogP contribution in [0.4, 0.5) is 0 Å². The van der Waals surface area contributed by atoms with E-state index in [0.717, 1.165) is 0 Å². The van der Waals surface area contributed by atoms with Crippen LogP contribution in [0.25, 0.3) is 0 Å². The molecule has 0 aliphatic heterocycles. The molecule has 3 nitrogen and oxygen atoms in total. The molecule has 0 amide bonds. The van der Waals surface area contributed by atoms with Gasteiger partial charge in [-0.15, -0.1) is 0 Å². The first kappa shape index (κ1) is 52.9. The normalized spacial score (nSPS) is 9.52. The quantitative estimate of drug-likeness (QED) is 0.0903. The zero-order chi connectivity index (χ0) is 44.7. The van der Waals surface area contributed by atoms with E-state index in [1.807, 2.05) is 0 Å². The SMILES string of the molecule is [C-]#[O+].[C-]#[O+].[C-]#[O+].[Mo].c1ccc([As](c2ccccc2)c2ccccc2)cc1.c1ccc([As](c2ccccc2)c2ccccc2)cc1.c1ccc([As](c2ccccc2)c2ccccc2)cc1. The van der Waals surface area contributed by atoms with Crippen molar-refractivity contribution in [3.63, 3.8) is 0 Å². The van der Waals surface area contributed by atoms with E-state index in [4.69, 9.17) is 14.0 Å². The van der Waals surface area contributed by atoms with Crippen molar-refractivity contribution < 1.29 is 35.0 Å². The van der Waals surface area contributed by atoms with Gasteiger partial charge in [0.25, 0.3) is 0 Å². The number of benzene rings is 9. The van der Waals surface area contributed by atoms with Crippen LogP contribution in [-0.2, 0) is 35.0 Å². The van der Waals surface area contributed by atoms with E-state index in [1.54, 1.807) is 0 Å². The van der Waals surface area contributed by atoms with Gasteiger partial charge in [-0.3, -0.25) is 0 Å². The second-order valence-corrected chi connectivity index (χ2v) is 27.0. The van der Waals surface area contributed by atoms with E-state index >= 15 is 0 Å². The topological polar surface area (TPSA) is 59.7 Å². The van der Waals surface area contributed by atoms with Gasteiger partial charge in [0.1, 0.15) is 0 Å². The Morgan fingerprint density at radius 2 is 0.250 bits per heavy atom. The average Bonchev–Trinajstić information content (AvgIpc) is 3.39. The van der Waals surface area contributed by atoms with E-state index < -0.39 is 44.0 Å². The second kappa shape index (κ2) is 32.3. The molecular weight excluding hydrogens is 1050 g/mol. The molecule has 9 rings (SSSR count). The molecule has 0 N–H and O–H groups in total. The molecular formula is C57H45As3MoO3. The van der Waals surface area contributed by atoms with Gasteiger partial charge in [0.05, 0.1) is 0 Å². The molecule has 0 radical (unpaired) electrons. The van der Waals surface area contributed by atoms with Gasteiger partial charge in [0, 0.05) is 21.1 Å². The first-order chi connectivity index (χ1) is 31.3. The van der Waals surface area contributed by atoms with Crippen LogP contribution in [0.5, 0.6) is 0 Å². The molecule has 7 heteroatoms.